The maximum absolute atomic E-state index is 11.6. The fourth-order valence-corrected chi connectivity index (χ4v) is 2.20. The van der Waals surface area contributed by atoms with Crippen molar-refractivity contribution < 1.29 is 14.6 Å². The van der Waals surface area contributed by atoms with Gasteiger partial charge in [0.2, 0.25) is 0 Å². The van der Waals surface area contributed by atoms with Crippen LogP contribution in [-0.2, 0) is 14.6 Å². The highest BCUT2D eigenvalue weighted by molar-refractivity contribution is 5.82. The van der Waals surface area contributed by atoms with Gasteiger partial charge in [-0.25, -0.2) is 9.78 Å². The summed E-state index contributed by atoms with van der Waals surface area (Å²) in [4.78, 5) is 22.2. The lowest BCUT2D eigenvalue weighted by Crippen LogP contribution is -2.51. The second kappa shape index (κ2) is 3.17. The monoisotopic (exact) mass is 196 g/mol. The zero-order chi connectivity index (χ0) is 10.3. The van der Waals surface area contributed by atoms with E-state index < -0.39 is 5.60 Å². The first-order valence-corrected chi connectivity index (χ1v) is 5.07. The van der Waals surface area contributed by atoms with Gasteiger partial charge in [0.25, 0.3) is 0 Å². The van der Waals surface area contributed by atoms with Crippen molar-refractivity contribution in [1.82, 2.24) is 0 Å². The molecule has 1 aliphatic carbocycles. The lowest BCUT2D eigenvalue weighted by molar-refractivity contribution is -0.415. The van der Waals surface area contributed by atoms with Crippen molar-refractivity contribution >= 4 is 5.78 Å². The average Bonchev–Trinajstić information content (AvgIpc) is 2.19. The number of hydrogen-bond donors (Lipinski definition) is 0. The molecule has 1 aliphatic heterocycles. The highest BCUT2D eigenvalue weighted by Gasteiger charge is 2.48. The van der Waals surface area contributed by atoms with Crippen LogP contribution >= 0.6 is 0 Å². The minimum atomic E-state index is -0.494. The first kappa shape index (κ1) is 9.87. The normalized spacial score (nSPS) is 47.6. The van der Waals surface area contributed by atoms with Gasteiger partial charge in [-0.3, -0.25) is 4.79 Å². The van der Waals surface area contributed by atoms with Gasteiger partial charge in [0, 0.05) is 18.3 Å². The van der Waals surface area contributed by atoms with E-state index in [1.807, 2.05) is 13.8 Å². The summed E-state index contributed by atoms with van der Waals surface area (Å²) in [5.74, 6) is 0.477. The van der Waals surface area contributed by atoms with Gasteiger partial charge in [-0.2, -0.15) is 0 Å². The topological polar surface area (TPSA) is 35.5 Å². The van der Waals surface area contributed by atoms with Crippen LogP contribution in [0.2, 0.25) is 0 Å². The summed E-state index contributed by atoms with van der Waals surface area (Å²) in [6.07, 6.45) is 3.16. The van der Waals surface area contributed by atoms with Crippen LogP contribution in [0.1, 0.15) is 26.7 Å². The van der Waals surface area contributed by atoms with Crippen LogP contribution in [0.5, 0.6) is 0 Å². The summed E-state index contributed by atoms with van der Waals surface area (Å²) in [5.41, 5.74) is -0.494. The Morgan fingerprint density at radius 3 is 3.00 bits per heavy atom. The molecule has 1 saturated heterocycles. The Labute approximate surface area is 84.0 Å². The third-order valence-electron chi connectivity index (χ3n) is 3.60. The first-order chi connectivity index (χ1) is 6.57. The molecule has 0 aromatic carbocycles. The van der Waals surface area contributed by atoms with E-state index in [1.54, 1.807) is 6.08 Å². The van der Waals surface area contributed by atoms with Crippen LogP contribution in [0.3, 0.4) is 0 Å². The van der Waals surface area contributed by atoms with Gasteiger partial charge in [-0.15, -0.1) is 6.58 Å². The van der Waals surface area contributed by atoms with Crippen LogP contribution < -0.4 is 0 Å². The Kier molecular flexibility index (Phi) is 2.24. The van der Waals surface area contributed by atoms with Crippen molar-refractivity contribution in [2.24, 2.45) is 11.8 Å². The molecular formula is C11H16O3. The second-order valence-electron chi connectivity index (χ2n) is 4.50. The number of ketones is 1. The zero-order valence-electron chi connectivity index (χ0n) is 8.66. The maximum Gasteiger partial charge on any atom is 0.138 e. The Morgan fingerprint density at radius 2 is 2.36 bits per heavy atom. The predicted molar refractivity (Wildman–Crippen MR) is 51.5 cm³/mol. The molecule has 1 heterocycles. The maximum atomic E-state index is 11.6. The second-order valence-corrected chi connectivity index (χ2v) is 4.50. The van der Waals surface area contributed by atoms with Gasteiger partial charge in [0.05, 0.1) is 0 Å². The van der Waals surface area contributed by atoms with Crippen LogP contribution in [-0.4, -0.2) is 17.5 Å². The Hall–Kier alpha value is -0.670. The molecule has 0 radical (unpaired) electrons. The van der Waals surface area contributed by atoms with Crippen molar-refractivity contribution in [3.05, 3.63) is 12.7 Å². The van der Waals surface area contributed by atoms with E-state index in [0.29, 0.717) is 6.42 Å². The summed E-state index contributed by atoms with van der Waals surface area (Å²) in [6, 6.07) is 0. The van der Waals surface area contributed by atoms with Gasteiger partial charge in [-0.1, -0.05) is 13.0 Å². The molecule has 2 bridgehead atoms. The zero-order valence-corrected chi connectivity index (χ0v) is 8.66. The minimum absolute atomic E-state index is 0.0272. The molecule has 0 aromatic heterocycles. The summed E-state index contributed by atoms with van der Waals surface area (Å²) < 4.78 is 0. The van der Waals surface area contributed by atoms with E-state index >= 15 is 0 Å². The number of fused-ring (bicyclic) bond motifs is 2. The molecule has 0 amide bonds. The van der Waals surface area contributed by atoms with Crippen LogP contribution in [0.25, 0.3) is 0 Å². The van der Waals surface area contributed by atoms with Gasteiger partial charge in [0.1, 0.15) is 17.5 Å². The van der Waals surface area contributed by atoms with Crippen molar-refractivity contribution in [3.63, 3.8) is 0 Å². The fourth-order valence-electron chi connectivity index (χ4n) is 2.20. The molecule has 1 unspecified atom stereocenters. The number of hydrogen-bond acceptors (Lipinski definition) is 3. The number of rotatable bonds is 1. The first-order valence-electron chi connectivity index (χ1n) is 5.07. The lowest BCUT2D eigenvalue weighted by Gasteiger charge is -2.45. The van der Waals surface area contributed by atoms with Crippen LogP contribution in [0.4, 0.5) is 0 Å². The number of carbonyl (C=O) groups is 1. The number of Topliss-reactive ketones (excluding diaryl/α,β-unsaturated/α-hetero) is 1. The third-order valence-corrected chi connectivity index (χ3v) is 3.60. The van der Waals surface area contributed by atoms with Crippen molar-refractivity contribution in [3.8, 4) is 0 Å². The van der Waals surface area contributed by atoms with E-state index in [2.05, 4.69) is 6.58 Å². The molecule has 0 aromatic rings. The van der Waals surface area contributed by atoms with E-state index in [4.69, 9.17) is 9.78 Å². The molecule has 78 valence electrons. The Morgan fingerprint density at radius 1 is 1.64 bits per heavy atom. The summed E-state index contributed by atoms with van der Waals surface area (Å²) in [6.45, 7) is 7.56. The predicted octanol–water partition coefficient (Wildman–Crippen LogP) is 1.88. The summed E-state index contributed by atoms with van der Waals surface area (Å²) in [7, 11) is 0. The highest BCUT2D eigenvalue weighted by Crippen LogP contribution is 2.42. The molecule has 0 N–H and O–H groups in total. The molecule has 2 rings (SSSR count). The molecular weight excluding hydrogens is 180 g/mol. The Balaban J connectivity index is 2.22. The van der Waals surface area contributed by atoms with Gasteiger partial charge >= 0.3 is 0 Å². The van der Waals surface area contributed by atoms with Gasteiger partial charge < -0.3 is 0 Å². The van der Waals surface area contributed by atoms with Gasteiger partial charge in [0.15, 0.2) is 0 Å². The molecule has 1 saturated carbocycles. The molecule has 2 aliphatic rings. The molecule has 3 heteroatoms. The molecule has 3 nitrogen and oxygen atoms in total. The molecule has 14 heavy (non-hydrogen) atoms. The van der Waals surface area contributed by atoms with E-state index in [0.717, 1.165) is 6.42 Å². The number of carbonyl (C=O) groups excluding carboxylic acids is 1. The van der Waals surface area contributed by atoms with Crippen molar-refractivity contribution in [2.45, 2.75) is 38.4 Å². The molecule has 2 fully saturated rings. The van der Waals surface area contributed by atoms with Gasteiger partial charge in [-0.05, 0) is 13.3 Å². The highest BCUT2D eigenvalue weighted by atomic mass is 17.2. The lowest BCUT2D eigenvalue weighted by atomic mass is 9.72. The minimum Gasteiger partial charge on any atom is -0.299 e. The summed E-state index contributed by atoms with van der Waals surface area (Å²) in [5, 5.41) is 0. The standard InChI is InChI=1S/C11H16O3/c1-4-11(3)8-5-9(12)7(2)10(6-8)13-14-11/h4,7-8,10H,1,5-6H2,2-3H3/t7-,8+,10+,11?/m0/s1. The van der Waals surface area contributed by atoms with E-state index in [-0.39, 0.29) is 23.7 Å². The largest absolute Gasteiger partial charge is 0.299 e. The summed E-state index contributed by atoms with van der Waals surface area (Å²) >= 11 is 0. The molecule has 4 atom stereocenters. The Bertz CT molecular complexity index is 274. The van der Waals surface area contributed by atoms with E-state index in [9.17, 15) is 4.79 Å². The average molecular weight is 196 g/mol. The SMILES string of the molecule is C=CC1(C)OO[C@@H]2C[C@H]1CC(=O)[C@@H]2C. The quantitative estimate of drug-likeness (QED) is 0.474. The third kappa shape index (κ3) is 1.31. The van der Waals surface area contributed by atoms with Crippen LogP contribution in [0, 0.1) is 11.8 Å². The van der Waals surface area contributed by atoms with E-state index in [1.165, 1.54) is 0 Å². The smallest absolute Gasteiger partial charge is 0.138 e. The molecule has 0 spiro atoms. The van der Waals surface area contributed by atoms with Crippen molar-refractivity contribution in [1.29, 1.82) is 0 Å². The fraction of sp³-hybridized carbons (Fsp3) is 0.727. The van der Waals surface area contributed by atoms with Crippen molar-refractivity contribution in [2.75, 3.05) is 0 Å². The van der Waals surface area contributed by atoms with Crippen LogP contribution in [0.15, 0.2) is 12.7 Å².